The van der Waals surface area contributed by atoms with Gasteiger partial charge in [0.15, 0.2) is 6.04 Å². The number of allylic oxidation sites excluding steroid dienone is 2. The lowest BCUT2D eigenvalue weighted by Crippen LogP contribution is -2.16. The average Bonchev–Trinajstić information content (AvgIpc) is 3.48. The molecule has 0 spiro atoms. The maximum atomic E-state index is 13.6. The van der Waals surface area contributed by atoms with Crippen molar-refractivity contribution >= 4 is 28.7 Å². The van der Waals surface area contributed by atoms with Crippen LogP contribution in [-0.4, -0.2) is 11.3 Å². The zero-order valence-corrected chi connectivity index (χ0v) is 19.5. The van der Waals surface area contributed by atoms with E-state index in [1.807, 2.05) is 28.8 Å². The quantitative estimate of drug-likeness (QED) is 0.174. The van der Waals surface area contributed by atoms with Gasteiger partial charge >= 0.3 is 0 Å². The van der Waals surface area contributed by atoms with Gasteiger partial charge in [0, 0.05) is 0 Å². The van der Waals surface area contributed by atoms with Gasteiger partial charge in [-0.2, -0.15) is 0 Å². The first-order valence-corrected chi connectivity index (χ1v) is 12.1. The number of hydrogen-bond donors (Lipinski definition) is 0. The standard InChI is InChI=1S/C31H28FNO/c1-20-10-15-26-30-25(23-11-13-24(32)14-12-23)8-5-9-28(30)34-31(26)29(20)27-19-22(16-17-33(27)2)18-21-6-3-4-7-21/h5,8-17,19,21H,2-4,6-7,18H2,1H3. The predicted molar refractivity (Wildman–Crippen MR) is 137 cm³/mol. The summed E-state index contributed by atoms with van der Waals surface area (Å²) in [5.41, 5.74) is 7.33. The minimum atomic E-state index is -0.233. The highest BCUT2D eigenvalue weighted by molar-refractivity contribution is 6.13. The molecule has 0 bridgehead atoms. The Labute approximate surface area is 199 Å². The molecule has 34 heavy (non-hydrogen) atoms. The number of rotatable bonds is 4. The van der Waals surface area contributed by atoms with E-state index < -0.39 is 0 Å². The normalized spacial score (nSPS) is 16.7. The molecule has 1 saturated carbocycles. The van der Waals surface area contributed by atoms with Crippen molar-refractivity contribution in [1.29, 1.82) is 0 Å². The SMILES string of the molecule is C=[N+]1C=CC(CC2CCCC2)=C[C-]1c1c(C)ccc2c1[o+][c-]1cccc(-c3ccc(F)cc3)c21. The van der Waals surface area contributed by atoms with Crippen molar-refractivity contribution in [1.82, 2.24) is 0 Å². The monoisotopic (exact) mass is 449 g/mol. The second kappa shape index (κ2) is 8.32. The van der Waals surface area contributed by atoms with E-state index >= 15 is 0 Å². The number of fused-ring (bicyclic) bond motifs is 3. The molecule has 1 aliphatic heterocycles. The Hall–Kier alpha value is -3.59. The van der Waals surface area contributed by atoms with E-state index in [4.69, 9.17) is 4.42 Å². The average molecular weight is 450 g/mol. The van der Waals surface area contributed by atoms with Crippen molar-refractivity contribution in [2.45, 2.75) is 39.0 Å². The molecule has 0 atom stereocenters. The van der Waals surface area contributed by atoms with E-state index in [1.165, 1.54) is 43.4 Å². The molecule has 2 heterocycles. The first-order chi connectivity index (χ1) is 16.6. The summed E-state index contributed by atoms with van der Waals surface area (Å²) in [5, 5.41) is 2.12. The molecule has 3 heteroatoms. The van der Waals surface area contributed by atoms with Gasteiger partial charge in [0.25, 0.3) is 11.2 Å². The molecule has 170 valence electrons. The number of benzene rings is 3. The van der Waals surface area contributed by atoms with Crippen molar-refractivity contribution in [3.63, 3.8) is 0 Å². The molecular formula is C31H28FNO. The van der Waals surface area contributed by atoms with Gasteiger partial charge in [-0.15, -0.1) is 12.1 Å². The number of aryl methyl sites for hydroxylation is 1. The van der Waals surface area contributed by atoms with Crippen molar-refractivity contribution in [3.8, 4) is 11.1 Å². The summed E-state index contributed by atoms with van der Waals surface area (Å²) in [4.78, 5) is 0. The zero-order valence-electron chi connectivity index (χ0n) is 19.5. The molecule has 4 aromatic rings. The molecule has 1 aliphatic carbocycles. The fourth-order valence-corrected chi connectivity index (χ4v) is 5.64. The van der Waals surface area contributed by atoms with E-state index in [0.717, 1.165) is 62.6 Å². The molecule has 0 N–H and O–H groups in total. The topological polar surface area (TPSA) is 14.3 Å². The highest BCUT2D eigenvalue weighted by Crippen LogP contribution is 2.42. The van der Waals surface area contributed by atoms with Gasteiger partial charge in [0.1, 0.15) is 12.0 Å². The lowest BCUT2D eigenvalue weighted by atomic mass is 9.90. The second-order valence-corrected chi connectivity index (χ2v) is 9.67. The molecule has 0 unspecified atom stereocenters. The van der Waals surface area contributed by atoms with Crippen LogP contribution in [0.15, 0.2) is 82.9 Å². The van der Waals surface area contributed by atoms with E-state index in [1.54, 1.807) is 0 Å². The van der Waals surface area contributed by atoms with Crippen LogP contribution in [0, 0.1) is 24.7 Å². The Bertz CT molecular complexity index is 1470. The fourth-order valence-electron chi connectivity index (χ4n) is 5.64. The minimum Gasteiger partial charge on any atom is -0.286 e. The summed E-state index contributed by atoms with van der Waals surface area (Å²) in [7, 11) is 0. The van der Waals surface area contributed by atoms with Gasteiger partial charge in [0.2, 0.25) is 0 Å². The summed E-state index contributed by atoms with van der Waals surface area (Å²) in [5.74, 6) is 0.554. The maximum Gasteiger partial charge on any atom is 0.279 e. The lowest BCUT2D eigenvalue weighted by molar-refractivity contribution is -0.418. The first-order valence-electron chi connectivity index (χ1n) is 12.1. The summed E-state index contributed by atoms with van der Waals surface area (Å²) >= 11 is 0. The van der Waals surface area contributed by atoms with Gasteiger partial charge in [-0.25, -0.2) is 4.39 Å². The molecule has 6 rings (SSSR count). The van der Waals surface area contributed by atoms with Crippen LogP contribution < -0.4 is 0 Å². The molecule has 1 aromatic heterocycles. The van der Waals surface area contributed by atoms with Crippen molar-refractivity contribution in [3.05, 3.63) is 102 Å². The van der Waals surface area contributed by atoms with Crippen molar-refractivity contribution in [2.24, 2.45) is 5.92 Å². The Balaban J connectivity index is 1.51. The first kappa shape index (κ1) is 21.0. The molecule has 0 radical (unpaired) electrons. The number of halogens is 1. The van der Waals surface area contributed by atoms with E-state index in [-0.39, 0.29) is 5.82 Å². The molecule has 2 nitrogen and oxygen atoms in total. The summed E-state index contributed by atoms with van der Waals surface area (Å²) < 4.78 is 22.0. The number of nitrogens with zero attached hydrogens (tertiary/aromatic N) is 1. The van der Waals surface area contributed by atoms with Gasteiger partial charge < -0.3 is 0 Å². The molecule has 0 amide bonds. The van der Waals surface area contributed by atoms with Crippen LogP contribution in [0.3, 0.4) is 0 Å². The van der Waals surface area contributed by atoms with Gasteiger partial charge in [0.05, 0.1) is 12.3 Å². The summed E-state index contributed by atoms with van der Waals surface area (Å²) in [6.45, 7) is 6.42. The molecular weight excluding hydrogens is 421 g/mol. The summed E-state index contributed by atoms with van der Waals surface area (Å²) in [6, 6.07) is 18.1. The predicted octanol–water partition coefficient (Wildman–Crippen LogP) is 8.33. The van der Waals surface area contributed by atoms with Crippen LogP contribution >= 0.6 is 0 Å². The Kier molecular flexibility index (Phi) is 5.13. The third-order valence-corrected chi connectivity index (χ3v) is 7.38. The number of furan rings is 1. The molecule has 2 aliphatic rings. The van der Waals surface area contributed by atoms with Crippen molar-refractivity contribution in [2.75, 3.05) is 0 Å². The van der Waals surface area contributed by atoms with Crippen LogP contribution in [0.4, 0.5) is 4.39 Å². The highest BCUT2D eigenvalue weighted by atomic mass is 19.1. The minimum absolute atomic E-state index is 0.233. The number of hydrogen-bond acceptors (Lipinski definition) is 0. The maximum absolute atomic E-state index is 13.6. The smallest absolute Gasteiger partial charge is 0.279 e. The van der Waals surface area contributed by atoms with Crippen LogP contribution in [0.2, 0.25) is 0 Å². The van der Waals surface area contributed by atoms with Crippen LogP contribution in [0.1, 0.15) is 43.2 Å². The Morgan fingerprint density at radius 3 is 2.68 bits per heavy atom. The van der Waals surface area contributed by atoms with Crippen LogP contribution in [0.25, 0.3) is 33.1 Å². The molecule has 3 aromatic carbocycles. The summed E-state index contributed by atoms with van der Waals surface area (Å²) in [6.07, 6.45) is 13.1. The van der Waals surface area contributed by atoms with Gasteiger partial charge in [-0.05, 0) is 47.4 Å². The third-order valence-electron chi connectivity index (χ3n) is 7.38. The lowest BCUT2D eigenvalue weighted by Gasteiger charge is -2.21. The molecule has 1 fully saturated rings. The Morgan fingerprint density at radius 2 is 1.88 bits per heavy atom. The van der Waals surface area contributed by atoms with Crippen LogP contribution in [-0.2, 0) is 0 Å². The zero-order chi connectivity index (χ0) is 23.2. The second-order valence-electron chi connectivity index (χ2n) is 9.67. The largest absolute Gasteiger partial charge is 0.286 e. The highest BCUT2D eigenvalue weighted by Gasteiger charge is 2.28. The van der Waals surface area contributed by atoms with E-state index in [9.17, 15) is 4.39 Å². The van der Waals surface area contributed by atoms with Crippen molar-refractivity contribution < 1.29 is 13.4 Å². The third kappa shape index (κ3) is 3.56. The van der Waals surface area contributed by atoms with Gasteiger partial charge in [-0.3, -0.25) is 8.99 Å². The van der Waals surface area contributed by atoms with Crippen LogP contribution in [0.5, 0.6) is 0 Å². The fraction of sp³-hybridized carbons (Fsp3) is 0.226. The van der Waals surface area contributed by atoms with Gasteiger partial charge in [-0.1, -0.05) is 85.2 Å². The molecule has 0 saturated heterocycles. The van der Waals surface area contributed by atoms with E-state index in [0.29, 0.717) is 0 Å². The van der Waals surface area contributed by atoms with E-state index in [2.05, 4.69) is 50.2 Å². The Morgan fingerprint density at radius 1 is 1.09 bits per heavy atom.